The highest BCUT2D eigenvalue weighted by Crippen LogP contribution is 2.35. The Kier molecular flexibility index (Phi) is 7.36. The van der Waals surface area contributed by atoms with Crippen LogP contribution in [0.1, 0.15) is 51.6 Å². The lowest BCUT2D eigenvalue weighted by Gasteiger charge is -2.29. The molecule has 152 valence electrons. The number of nitro benzene ring substituents is 1. The summed E-state index contributed by atoms with van der Waals surface area (Å²) in [7, 11) is 0. The molecule has 0 radical (unpaired) electrons. The Bertz CT molecular complexity index is 790. The molecule has 2 N–H and O–H groups in total. The summed E-state index contributed by atoms with van der Waals surface area (Å²) < 4.78 is 10.5. The third-order valence-corrected chi connectivity index (χ3v) is 4.24. The lowest BCUT2D eigenvalue weighted by molar-refractivity contribution is -0.385. The summed E-state index contributed by atoms with van der Waals surface area (Å²) >= 11 is 0. The van der Waals surface area contributed by atoms with Crippen molar-refractivity contribution >= 4 is 17.7 Å². The van der Waals surface area contributed by atoms with Crippen LogP contribution in [0.4, 0.5) is 10.5 Å². The Morgan fingerprint density at radius 2 is 2.00 bits per heavy atom. The average molecular weight is 391 g/mol. The number of benzene rings is 1. The van der Waals surface area contributed by atoms with Crippen LogP contribution in [0.5, 0.6) is 5.75 Å². The zero-order valence-electron chi connectivity index (χ0n) is 16.2. The highest BCUT2D eigenvalue weighted by Gasteiger charge is 2.34. The van der Waals surface area contributed by atoms with Gasteiger partial charge in [0.15, 0.2) is 5.75 Å². The number of rotatable bonds is 9. The van der Waals surface area contributed by atoms with Crippen LogP contribution >= 0.6 is 0 Å². The predicted octanol–water partition coefficient (Wildman–Crippen LogP) is 3.35. The lowest BCUT2D eigenvalue weighted by Crippen LogP contribution is -2.46. The summed E-state index contributed by atoms with van der Waals surface area (Å²) in [6.07, 6.45) is 2.14. The molecule has 1 aliphatic rings. The quantitative estimate of drug-likeness (QED) is 0.378. The van der Waals surface area contributed by atoms with Crippen molar-refractivity contribution in [3.63, 3.8) is 0 Å². The second kappa shape index (κ2) is 9.72. The molecule has 2 amide bonds. The van der Waals surface area contributed by atoms with Crippen molar-refractivity contribution in [3.8, 4) is 5.75 Å². The molecule has 1 heterocycles. The molecule has 0 spiro atoms. The number of nitrogens with one attached hydrogen (secondary N) is 2. The Hall–Kier alpha value is -3.10. The molecule has 0 fully saturated rings. The molecule has 1 aromatic carbocycles. The van der Waals surface area contributed by atoms with Gasteiger partial charge in [-0.3, -0.25) is 10.1 Å². The number of unbranched alkanes of at least 4 members (excludes halogenated alkanes) is 1. The molecule has 9 nitrogen and oxygen atoms in total. The fourth-order valence-corrected chi connectivity index (χ4v) is 3.00. The number of nitro groups is 1. The number of allylic oxidation sites excluding steroid dienone is 1. The van der Waals surface area contributed by atoms with Crippen molar-refractivity contribution in [2.45, 2.75) is 46.1 Å². The van der Waals surface area contributed by atoms with E-state index in [4.69, 9.17) is 9.47 Å². The van der Waals surface area contributed by atoms with Crippen LogP contribution in [0.25, 0.3) is 0 Å². The first-order valence-corrected chi connectivity index (χ1v) is 9.31. The highest BCUT2D eigenvalue weighted by molar-refractivity contribution is 5.95. The molecule has 1 aliphatic heterocycles. The summed E-state index contributed by atoms with van der Waals surface area (Å²) in [5.74, 6) is -0.438. The van der Waals surface area contributed by atoms with E-state index in [-0.39, 0.29) is 30.2 Å². The summed E-state index contributed by atoms with van der Waals surface area (Å²) in [6.45, 7) is 5.87. The molecule has 28 heavy (non-hydrogen) atoms. The van der Waals surface area contributed by atoms with E-state index in [0.29, 0.717) is 17.7 Å². The second-order valence-corrected chi connectivity index (χ2v) is 6.17. The Morgan fingerprint density at radius 1 is 1.25 bits per heavy atom. The fourth-order valence-electron chi connectivity index (χ4n) is 3.00. The first kappa shape index (κ1) is 21.2. The molecule has 0 saturated carbocycles. The van der Waals surface area contributed by atoms with Crippen molar-refractivity contribution in [1.29, 1.82) is 0 Å². The maximum atomic E-state index is 12.6. The normalized spacial score (nSPS) is 16.2. The first-order valence-electron chi connectivity index (χ1n) is 9.31. The van der Waals surface area contributed by atoms with E-state index in [2.05, 4.69) is 10.6 Å². The minimum atomic E-state index is -0.853. The van der Waals surface area contributed by atoms with Crippen molar-refractivity contribution in [3.05, 3.63) is 45.1 Å². The summed E-state index contributed by atoms with van der Waals surface area (Å²) in [6, 6.07) is 3.07. The SMILES string of the molecule is CCCCC1=C(C(=O)OCC)C(c2ccc(OCC)c([N+](=O)[O-])c2)NC(=O)N1. The number of amides is 2. The largest absolute Gasteiger partial charge is 0.487 e. The monoisotopic (exact) mass is 391 g/mol. The minimum Gasteiger partial charge on any atom is -0.487 e. The van der Waals surface area contributed by atoms with E-state index in [1.54, 1.807) is 19.9 Å². The van der Waals surface area contributed by atoms with Crippen molar-refractivity contribution in [2.24, 2.45) is 0 Å². The van der Waals surface area contributed by atoms with Crippen LogP contribution < -0.4 is 15.4 Å². The topological polar surface area (TPSA) is 120 Å². The number of esters is 1. The fraction of sp³-hybridized carbons (Fsp3) is 0.474. The highest BCUT2D eigenvalue weighted by atomic mass is 16.6. The summed E-state index contributed by atoms with van der Waals surface area (Å²) in [5, 5.41) is 16.8. The molecule has 1 aromatic rings. The van der Waals surface area contributed by atoms with Gasteiger partial charge in [0.1, 0.15) is 0 Å². The number of nitrogens with zero attached hydrogens (tertiary/aromatic N) is 1. The van der Waals surface area contributed by atoms with E-state index < -0.39 is 23.0 Å². The lowest BCUT2D eigenvalue weighted by atomic mass is 9.93. The van der Waals surface area contributed by atoms with Gasteiger partial charge in [0, 0.05) is 11.8 Å². The number of ether oxygens (including phenoxy) is 2. The Morgan fingerprint density at radius 3 is 2.61 bits per heavy atom. The third-order valence-electron chi connectivity index (χ3n) is 4.24. The van der Waals surface area contributed by atoms with Gasteiger partial charge in [0.25, 0.3) is 0 Å². The van der Waals surface area contributed by atoms with E-state index >= 15 is 0 Å². The van der Waals surface area contributed by atoms with Gasteiger partial charge in [-0.2, -0.15) is 0 Å². The van der Waals surface area contributed by atoms with E-state index in [0.717, 1.165) is 12.8 Å². The Balaban J connectivity index is 2.55. The predicted molar refractivity (Wildman–Crippen MR) is 102 cm³/mol. The van der Waals surface area contributed by atoms with Crippen LogP contribution in [-0.2, 0) is 9.53 Å². The van der Waals surface area contributed by atoms with Gasteiger partial charge in [-0.25, -0.2) is 9.59 Å². The number of hydrogen-bond donors (Lipinski definition) is 2. The third kappa shape index (κ3) is 4.79. The van der Waals surface area contributed by atoms with Crippen molar-refractivity contribution < 1.29 is 24.0 Å². The van der Waals surface area contributed by atoms with Crippen molar-refractivity contribution in [1.82, 2.24) is 10.6 Å². The smallest absolute Gasteiger partial charge is 0.338 e. The summed E-state index contributed by atoms with van der Waals surface area (Å²) in [4.78, 5) is 35.7. The van der Waals surface area contributed by atoms with Crippen LogP contribution in [0, 0.1) is 10.1 Å². The van der Waals surface area contributed by atoms with Gasteiger partial charge in [0.2, 0.25) is 0 Å². The van der Waals surface area contributed by atoms with Crippen LogP contribution in [-0.4, -0.2) is 30.1 Å². The number of hydrogen-bond acceptors (Lipinski definition) is 6. The molecule has 0 aliphatic carbocycles. The summed E-state index contributed by atoms with van der Waals surface area (Å²) in [5.41, 5.74) is 0.909. The zero-order valence-corrected chi connectivity index (χ0v) is 16.2. The zero-order chi connectivity index (χ0) is 20.7. The van der Waals surface area contributed by atoms with Gasteiger partial charge in [-0.15, -0.1) is 0 Å². The van der Waals surface area contributed by atoms with E-state index in [1.807, 2.05) is 6.92 Å². The molecule has 2 rings (SSSR count). The molecule has 0 aromatic heterocycles. The standard InChI is InChI=1S/C19H25N3O6/c1-4-7-8-13-16(18(23)28-6-3)17(21-19(24)20-13)12-9-10-15(27-5-2)14(11-12)22(25)26/h9-11,17H,4-8H2,1-3H3,(H2,20,21,24). The van der Waals surface area contributed by atoms with Crippen molar-refractivity contribution in [2.75, 3.05) is 13.2 Å². The molecular formula is C19H25N3O6. The van der Waals surface area contributed by atoms with E-state index in [1.165, 1.54) is 12.1 Å². The number of carbonyl (C=O) groups excluding carboxylic acids is 2. The van der Waals surface area contributed by atoms with Gasteiger partial charge < -0.3 is 20.1 Å². The first-order chi connectivity index (χ1) is 13.4. The molecule has 1 unspecified atom stereocenters. The molecule has 0 bridgehead atoms. The Labute approximate surface area is 163 Å². The molecule has 9 heteroatoms. The van der Waals surface area contributed by atoms with Crippen LogP contribution in [0.2, 0.25) is 0 Å². The molecule has 0 saturated heterocycles. The number of urea groups is 1. The van der Waals surface area contributed by atoms with Crippen LogP contribution in [0.15, 0.2) is 29.5 Å². The maximum absolute atomic E-state index is 12.6. The maximum Gasteiger partial charge on any atom is 0.338 e. The van der Waals surface area contributed by atoms with Gasteiger partial charge in [-0.1, -0.05) is 19.4 Å². The van der Waals surface area contributed by atoms with Gasteiger partial charge in [0.05, 0.1) is 29.8 Å². The van der Waals surface area contributed by atoms with E-state index in [9.17, 15) is 19.7 Å². The minimum absolute atomic E-state index is 0.129. The molecule has 1 atom stereocenters. The second-order valence-electron chi connectivity index (χ2n) is 6.17. The molecular weight excluding hydrogens is 366 g/mol. The van der Waals surface area contributed by atoms with Crippen LogP contribution in [0.3, 0.4) is 0 Å². The number of carbonyl (C=O) groups is 2. The average Bonchev–Trinajstić information content (AvgIpc) is 2.66. The van der Waals surface area contributed by atoms with Gasteiger partial charge >= 0.3 is 17.7 Å². The van der Waals surface area contributed by atoms with Gasteiger partial charge in [-0.05, 0) is 38.3 Å².